The molecule has 0 unspecified atom stereocenters. The predicted molar refractivity (Wildman–Crippen MR) is 101 cm³/mol. The van der Waals surface area contributed by atoms with Crippen molar-refractivity contribution in [2.75, 3.05) is 26.1 Å². The number of carboxylic acids is 1. The topological polar surface area (TPSA) is 123 Å². The van der Waals surface area contributed by atoms with Crippen LogP contribution < -0.4 is 20.1 Å². The zero-order valence-corrected chi connectivity index (χ0v) is 16.2. The van der Waals surface area contributed by atoms with Crippen molar-refractivity contribution >= 4 is 23.7 Å². The summed E-state index contributed by atoms with van der Waals surface area (Å²) in [6.45, 7) is 1.85. The Morgan fingerprint density at radius 3 is 2.32 bits per heavy atom. The summed E-state index contributed by atoms with van der Waals surface area (Å²) in [4.78, 5) is 35.8. The number of nitrogens with one attached hydrogen (secondary N) is 2. The van der Waals surface area contributed by atoms with Crippen molar-refractivity contribution in [2.24, 2.45) is 5.92 Å². The molecule has 1 aliphatic rings. The van der Waals surface area contributed by atoms with Crippen LogP contribution in [0.1, 0.15) is 43.0 Å². The number of hydrogen-bond acceptors (Lipinski definition) is 6. The first-order chi connectivity index (χ1) is 13.4. The van der Waals surface area contributed by atoms with Crippen molar-refractivity contribution in [3.05, 3.63) is 17.7 Å². The molecular formula is C19H26N2O7. The van der Waals surface area contributed by atoms with Crippen molar-refractivity contribution in [1.29, 1.82) is 0 Å². The van der Waals surface area contributed by atoms with Gasteiger partial charge in [-0.15, -0.1) is 0 Å². The maximum atomic E-state index is 12.5. The van der Waals surface area contributed by atoms with E-state index in [0.717, 1.165) is 0 Å². The molecule has 0 radical (unpaired) electrons. The molecule has 1 saturated carbocycles. The Balaban J connectivity index is 2.14. The Bertz CT molecular complexity index is 727. The SMILES string of the molecule is CCOC(=O)c1c(NC(=O)NC2CCC(C(=O)O)CC2)cc(OC)cc1OC. The first kappa shape index (κ1) is 21.3. The minimum absolute atomic E-state index is 0.0925. The summed E-state index contributed by atoms with van der Waals surface area (Å²) in [6.07, 6.45) is 2.19. The molecule has 1 aromatic rings. The van der Waals surface area contributed by atoms with Gasteiger partial charge in [0, 0.05) is 18.2 Å². The molecule has 1 fully saturated rings. The standard InChI is InChI=1S/C19H26N2O7/c1-4-28-18(24)16-14(9-13(26-2)10-15(16)27-3)21-19(25)20-12-7-5-11(6-8-12)17(22)23/h9-12H,4-8H2,1-3H3,(H,22,23)(H2,20,21,25). The maximum absolute atomic E-state index is 12.5. The monoisotopic (exact) mass is 394 g/mol. The highest BCUT2D eigenvalue weighted by Crippen LogP contribution is 2.33. The molecule has 28 heavy (non-hydrogen) atoms. The number of methoxy groups -OCH3 is 2. The van der Waals surface area contributed by atoms with Crippen molar-refractivity contribution in [3.8, 4) is 11.5 Å². The molecule has 9 heteroatoms. The fourth-order valence-electron chi connectivity index (χ4n) is 3.21. The molecule has 0 spiro atoms. The van der Waals surface area contributed by atoms with Gasteiger partial charge in [0.2, 0.25) is 0 Å². The number of rotatable bonds is 7. The van der Waals surface area contributed by atoms with Crippen LogP contribution in [0.15, 0.2) is 12.1 Å². The fourth-order valence-corrected chi connectivity index (χ4v) is 3.21. The van der Waals surface area contributed by atoms with Gasteiger partial charge in [0.25, 0.3) is 0 Å². The molecule has 154 valence electrons. The van der Waals surface area contributed by atoms with Crippen molar-refractivity contribution < 1.29 is 33.7 Å². The lowest BCUT2D eigenvalue weighted by Gasteiger charge is -2.27. The van der Waals surface area contributed by atoms with Crippen molar-refractivity contribution in [3.63, 3.8) is 0 Å². The minimum Gasteiger partial charge on any atom is -0.497 e. The third kappa shape index (κ3) is 5.28. The Morgan fingerprint density at radius 2 is 1.79 bits per heavy atom. The maximum Gasteiger partial charge on any atom is 0.344 e. The number of amides is 2. The van der Waals surface area contributed by atoms with Crippen LogP contribution >= 0.6 is 0 Å². The average molecular weight is 394 g/mol. The van der Waals surface area contributed by atoms with E-state index in [2.05, 4.69) is 10.6 Å². The number of anilines is 1. The number of hydrogen-bond donors (Lipinski definition) is 3. The van der Waals surface area contributed by atoms with E-state index >= 15 is 0 Å². The summed E-state index contributed by atoms with van der Waals surface area (Å²) >= 11 is 0. The molecule has 0 aliphatic heterocycles. The van der Waals surface area contributed by atoms with Crippen LogP contribution in [-0.2, 0) is 9.53 Å². The van der Waals surface area contributed by atoms with Crippen molar-refractivity contribution in [2.45, 2.75) is 38.6 Å². The normalized spacial score (nSPS) is 18.7. The van der Waals surface area contributed by atoms with Gasteiger partial charge < -0.3 is 30.0 Å². The van der Waals surface area contributed by atoms with Crippen molar-refractivity contribution in [1.82, 2.24) is 5.32 Å². The predicted octanol–water partition coefficient (Wildman–Crippen LogP) is 2.65. The second kappa shape index (κ2) is 9.82. The highest BCUT2D eigenvalue weighted by Gasteiger charge is 2.27. The van der Waals surface area contributed by atoms with E-state index in [1.807, 2.05) is 0 Å². The molecular weight excluding hydrogens is 368 g/mol. The number of carboxylic acid groups (broad SMARTS) is 1. The first-order valence-corrected chi connectivity index (χ1v) is 9.13. The van der Waals surface area contributed by atoms with Gasteiger partial charge in [0.05, 0.1) is 32.4 Å². The first-order valence-electron chi connectivity index (χ1n) is 9.13. The van der Waals surface area contributed by atoms with Crippen LogP contribution in [0.25, 0.3) is 0 Å². The van der Waals surface area contributed by atoms with Crippen LogP contribution in [-0.4, -0.2) is 49.9 Å². The van der Waals surface area contributed by atoms with Gasteiger partial charge in [-0.1, -0.05) is 0 Å². The Hall–Kier alpha value is -2.97. The summed E-state index contributed by atoms with van der Waals surface area (Å²) < 4.78 is 15.5. The zero-order chi connectivity index (χ0) is 20.7. The van der Waals surface area contributed by atoms with Crippen LogP contribution in [0.5, 0.6) is 11.5 Å². The molecule has 0 aromatic heterocycles. The van der Waals surface area contributed by atoms with Gasteiger partial charge in [-0.3, -0.25) is 4.79 Å². The third-order valence-corrected chi connectivity index (χ3v) is 4.67. The number of esters is 1. The average Bonchev–Trinajstić information content (AvgIpc) is 2.67. The molecule has 1 aromatic carbocycles. The Kier molecular flexibility index (Phi) is 7.48. The fraction of sp³-hybridized carbons (Fsp3) is 0.526. The Morgan fingerprint density at radius 1 is 1.11 bits per heavy atom. The third-order valence-electron chi connectivity index (χ3n) is 4.67. The van der Waals surface area contributed by atoms with E-state index in [-0.39, 0.29) is 35.6 Å². The van der Waals surface area contributed by atoms with E-state index in [4.69, 9.17) is 19.3 Å². The smallest absolute Gasteiger partial charge is 0.344 e. The van der Waals surface area contributed by atoms with Crippen LogP contribution in [0.3, 0.4) is 0 Å². The van der Waals surface area contributed by atoms with Gasteiger partial charge in [0.1, 0.15) is 17.1 Å². The molecule has 0 bridgehead atoms. The molecule has 2 amide bonds. The van der Waals surface area contributed by atoms with Gasteiger partial charge in [-0.2, -0.15) is 0 Å². The summed E-state index contributed by atoms with van der Waals surface area (Å²) in [5.74, 6) is -1.17. The number of ether oxygens (including phenoxy) is 3. The quantitative estimate of drug-likeness (QED) is 0.608. The van der Waals surface area contributed by atoms with Gasteiger partial charge in [-0.25, -0.2) is 9.59 Å². The molecule has 0 atom stereocenters. The lowest BCUT2D eigenvalue weighted by Crippen LogP contribution is -2.41. The van der Waals surface area contributed by atoms with E-state index < -0.39 is 18.0 Å². The minimum atomic E-state index is -0.801. The second-order valence-electron chi connectivity index (χ2n) is 6.46. The molecule has 0 heterocycles. The van der Waals surface area contributed by atoms with Crippen LogP contribution in [0.2, 0.25) is 0 Å². The van der Waals surface area contributed by atoms with E-state index in [1.165, 1.54) is 26.4 Å². The summed E-state index contributed by atoms with van der Waals surface area (Å²) in [7, 11) is 2.87. The van der Waals surface area contributed by atoms with Gasteiger partial charge in [0.15, 0.2) is 0 Å². The molecule has 3 N–H and O–H groups in total. The number of benzene rings is 1. The van der Waals surface area contributed by atoms with E-state index in [0.29, 0.717) is 31.4 Å². The highest BCUT2D eigenvalue weighted by atomic mass is 16.5. The number of carbonyl (C=O) groups is 3. The zero-order valence-electron chi connectivity index (χ0n) is 16.2. The van der Waals surface area contributed by atoms with E-state index in [9.17, 15) is 14.4 Å². The number of urea groups is 1. The second-order valence-corrected chi connectivity index (χ2v) is 6.46. The molecule has 2 rings (SSSR count). The Labute approximate surface area is 163 Å². The summed E-state index contributed by atoms with van der Waals surface area (Å²) in [5.41, 5.74) is 0.293. The highest BCUT2D eigenvalue weighted by molar-refractivity contribution is 6.03. The molecule has 9 nitrogen and oxygen atoms in total. The van der Waals surface area contributed by atoms with Gasteiger partial charge in [-0.05, 0) is 32.6 Å². The number of carbonyl (C=O) groups excluding carboxylic acids is 2. The van der Waals surface area contributed by atoms with E-state index in [1.54, 1.807) is 6.92 Å². The number of aliphatic carboxylic acids is 1. The summed E-state index contributed by atoms with van der Waals surface area (Å²) in [5, 5.41) is 14.5. The summed E-state index contributed by atoms with van der Waals surface area (Å²) in [6, 6.07) is 2.41. The lowest BCUT2D eigenvalue weighted by molar-refractivity contribution is -0.142. The lowest BCUT2D eigenvalue weighted by atomic mass is 9.86. The van der Waals surface area contributed by atoms with Crippen LogP contribution in [0, 0.1) is 5.92 Å². The van der Waals surface area contributed by atoms with Gasteiger partial charge >= 0.3 is 18.0 Å². The van der Waals surface area contributed by atoms with Crippen LogP contribution in [0.4, 0.5) is 10.5 Å². The molecule has 0 saturated heterocycles. The largest absolute Gasteiger partial charge is 0.497 e. The molecule has 1 aliphatic carbocycles.